The molecule has 0 N–H and O–H groups in total. The van der Waals surface area contributed by atoms with Gasteiger partial charge in [-0.25, -0.2) is 0 Å². The zero-order chi connectivity index (χ0) is 11.9. The molecule has 0 aliphatic carbocycles. The van der Waals surface area contributed by atoms with Gasteiger partial charge >= 0.3 is 0 Å². The van der Waals surface area contributed by atoms with E-state index in [9.17, 15) is 0 Å². The van der Waals surface area contributed by atoms with Crippen LogP contribution in [0.3, 0.4) is 0 Å². The molecule has 1 aliphatic heterocycles. The van der Waals surface area contributed by atoms with Gasteiger partial charge in [-0.15, -0.1) is 0 Å². The van der Waals surface area contributed by atoms with Crippen LogP contribution in [-0.4, -0.2) is 23.4 Å². The number of rotatable bonds is 4. The van der Waals surface area contributed by atoms with Crippen LogP contribution >= 0.6 is 22.6 Å². The fourth-order valence-corrected chi connectivity index (χ4v) is 2.63. The van der Waals surface area contributed by atoms with Crippen LogP contribution in [0.1, 0.15) is 18.4 Å². The van der Waals surface area contributed by atoms with Crippen LogP contribution in [0.4, 0.5) is 0 Å². The summed E-state index contributed by atoms with van der Waals surface area (Å²) in [7, 11) is 0. The normalized spacial score (nSPS) is 25.2. The van der Waals surface area contributed by atoms with E-state index in [0.717, 1.165) is 13.0 Å². The van der Waals surface area contributed by atoms with E-state index in [-0.39, 0.29) is 6.29 Å². The Morgan fingerprint density at radius 1 is 1.35 bits per heavy atom. The predicted octanol–water partition coefficient (Wildman–Crippen LogP) is 3.66. The minimum Gasteiger partial charge on any atom is -0.352 e. The molecular formula is C14H17IO2. The summed E-state index contributed by atoms with van der Waals surface area (Å²) in [4.78, 5) is 0. The van der Waals surface area contributed by atoms with Gasteiger partial charge in [-0.2, -0.15) is 0 Å². The molecule has 1 heterocycles. The number of hydrogen-bond acceptors (Lipinski definition) is 2. The highest BCUT2D eigenvalue weighted by Crippen LogP contribution is 2.22. The Hall–Kier alpha value is -0.390. The molecule has 0 amide bonds. The summed E-state index contributed by atoms with van der Waals surface area (Å²) in [5.74, 6) is 0. The number of alkyl halides is 1. The van der Waals surface area contributed by atoms with E-state index in [4.69, 9.17) is 9.47 Å². The molecule has 1 aromatic carbocycles. The van der Waals surface area contributed by atoms with Crippen LogP contribution in [0.25, 0.3) is 6.08 Å². The van der Waals surface area contributed by atoms with Crippen molar-refractivity contribution in [3.63, 3.8) is 0 Å². The highest BCUT2D eigenvalue weighted by atomic mass is 127. The Morgan fingerprint density at radius 3 is 2.94 bits per heavy atom. The average molecular weight is 344 g/mol. The molecule has 1 saturated heterocycles. The lowest BCUT2D eigenvalue weighted by molar-refractivity contribution is -0.148. The molecule has 1 aromatic rings. The van der Waals surface area contributed by atoms with E-state index in [1.165, 1.54) is 12.0 Å². The third-order valence-corrected chi connectivity index (χ3v) is 3.88. The molecule has 0 unspecified atom stereocenters. The molecule has 0 aromatic heterocycles. The summed E-state index contributed by atoms with van der Waals surface area (Å²) in [6, 6.07) is 10.2. The van der Waals surface area contributed by atoms with Gasteiger partial charge in [0.25, 0.3) is 0 Å². The van der Waals surface area contributed by atoms with Crippen molar-refractivity contribution in [3.05, 3.63) is 42.0 Å². The van der Waals surface area contributed by atoms with Crippen LogP contribution in [0, 0.1) is 0 Å². The van der Waals surface area contributed by atoms with E-state index in [0.29, 0.717) is 10.5 Å². The Morgan fingerprint density at radius 2 is 2.18 bits per heavy atom. The van der Waals surface area contributed by atoms with Crippen molar-refractivity contribution in [2.45, 2.75) is 23.1 Å². The third-order valence-electron chi connectivity index (χ3n) is 2.67. The van der Waals surface area contributed by atoms with Crippen LogP contribution in [0.2, 0.25) is 0 Å². The lowest BCUT2D eigenvalue weighted by Crippen LogP contribution is -2.32. The van der Waals surface area contributed by atoms with Crippen molar-refractivity contribution in [2.24, 2.45) is 0 Å². The Labute approximate surface area is 116 Å². The molecule has 1 fully saturated rings. The summed E-state index contributed by atoms with van der Waals surface area (Å²) >= 11 is 2.41. The Bertz CT molecular complexity index is 350. The second-order valence-corrected chi connectivity index (χ2v) is 5.64. The fourth-order valence-electron chi connectivity index (χ4n) is 1.77. The quantitative estimate of drug-likeness (QED) is 0.613. The average Bonchev–Trinajstić information content (AvgIpc) is 2.38. The first-order chi connectivity index (χ1) is 8.36. The molecular weight excluding hydrogens is 327 g/mol. The van der Waals surface area contributed by atoms with Gasteiger partial charge in [-0.3, -0.25) is 0 Å². The Balaban J connectivity index is 1.73. The van der Waals surface area contributed by atoms with Crippen LogP contribution in [-0.2, 0) is 9.47 Å². The second kappa shape index (κ2) is 7.13. The van der Waals surface area contributed by atoms with Gasteiger partial charge in [0, 0.05) is 6.61 Å². The standard InChI is InChI=1S/C14H17IO2/c15-13-9-5-11-17-14(13)16-10-4-8-12-6-2-1-3-7-12/h1-4,6-8,13-14H,5,9-11H2/b8-4+/t13-,14-/m0/s1. The van der Waals surface area contributed by atoms with Gasteiger partial charge in [0.15, 0.2) is 6.29 Å². The Kier molecular flexibility index (Phi) is 5.48. The number of benzene rings is 1. The fraction of sp³-hybridized carbons (Fsp3) is 0.429. The summed E-state index contributed by atoms with van der Waals surface area (Å²) in [6.45, 7) is 1.44. The molecule has 1 aliphatic rings. The van der Waals surface area contributed by atoms with Gasteiger partial charge in [-0.1, -0.05) is 65.1 Å². The summed E-state index contributed by atoms with van der Waals surface area (Å²) < 4.78 is 11.8. The maximum absolute atomic E-state index is 5.70. The largest absolute Gasteiger partial charge is 0.352 e. The first kappa shape index (κ1) is 13.1. The van der Waals surface area contributed by atoms with Crippen molar-refractivity contribution in [3.8, 4) is 0 Å². The number of hydrogen-bond donors (Lipinski definition) is 0. The van der Waals surface area contributed by atoms with E-state index < -0.39 is 0 Å². The number of halogens is 1. The van der Waals surface area contributed by atoms with Gasteiger partial charge in [0.1, 0.15) is 0 Å². The molecule has 2 atom stereocenters. The molecule has 17 heavy (non-hydrogen) atoms. The predicted molar refractivity (Wildman–Crippen MR) is 78.2 cm³/mol. The second-order valence-electron chi connectivity index (χ2n) is 4.04. The van der Waals surface area contributed by atoms with E-state index in [1.54, 1.807) is 0 Å². The van der Waals surface area contributed by atoms with Gasteiger partial charge in [-0.05, 0) is 18.4 Å². The molecule has 2 rings (SSSR count). The monoisotopic (exact) mass is 344 g/mol. The molecule has 2 nitrogen and oxygen atoms in total. The van der Waals surface area contributed by atoms with Gasteiger partial charge in [0.2, 0.25) is 0 Å². The van der Waals surface area contributed by atoms with Gasteiger partial charge < -0.3 is 9.47 Å². The minimum atomic E-state index is -0.0372. The number of ether oxygens (including phenoxy) is 2. The summed E-state index contributed by atoms with van der Waals surface area (Å²) in [6.07, 6.45) is 6.41. The molecule has 0 saturated carbocycles. The minimum absolute atomic E-state index is 0.0372. The first-order valence-electron chi connectivity index (χ1n) is 5.95. The lowest BCUT2D eigenvalue weighted by atomic mass is 10.2. The molecule has 3 heteroatoms. The van der Waals surface area contributed by atoms with E-state index in [1.807, 2.05) is 24.3 Å². The van der Waals surface area contributed by atoms with Crippen molar-refractivity contribution in [1.29, 1.82) is 0 Å². The van der Waals surface area contributed by atoms with Crippen LogP contribution in [0.15, 0.2) is 36.4 Å². The van der Waals surface area contributed by atoms with Crippen molar-refractivity contribution >= 4 is 28.7 Å². The van der Waals surface area contributed by atoms with Crippen LogP contribution in [0.5, 0.6) is 0 Å². The zero-order valence-electron chi connectivity index (χ0n) is 9.72. The molecule has 0 spiro atoms. The summed E-state index contributed by atoms with van der Waals surface area (Å²) in [5.41, 5.74) is 1.20. The molecule has 92 valence electrons. The smallest absolute Gasteiger partial charge is 0.169 e. The maximum atomic E-state index is 5.70. The van der Waals surface area contributed by atoms with Crippen molar-refractivity contribution in [1.82, 2.24) is 0 Å². The highest BCUT2D eigenvalue weighted by Gasteiger charge is 2.23. The van der Waals surface area contributed by atoms with Crippen molar-refractivity contribution < 1.29 is 9.47 Å². The van der Waals surface area contributed by atoms with E-state index >= 15 is 0 Å². The lowest BCUT2D eigenvalue weighted by Gasteiger charge is -2.27. The third kappa shape index (κ3) is 4.41. The van der Waals surface area contributed by atoms with Gasteiger partial charge in [0.05, 0.1) is 10.5 Å². The summed E-state index contributed by atoms with van der Waals surface area (Å²) in [5, 5.41) is 0. The molecule has 0 radical (unpaired) electrons. The van der Waals surface area contributed by atoms with Crippen LogP contribution < -0.4 is 0 Å². The van der Waals surface area contributed by atoms with Crippen molar-refractivity contribution in [2.75, 3.05) is 13.2 Å². The SMILES string of the molecule is I[C@H]1CCCO[C@@H]1OC/C=C/c1ccccc1. The maximum Gasteiger partial charge on any atom is 0.169 e. The topological polar surface area (TPSA) is 18.5 Å². The first-order valence-corrected chi connectivity index (χ1v) is 7.20. The molecule has 0 bridgehead atoms. The highest BCUT2D eigenvalue weighted by molar-refractivity contribution is 14.1. The zero-order valence-corrected chi connectivity index (χ0v) is 11.9. The van der Waals surface area contributed by atoms with E-state index in [2.05, 4.69) is 40.8 Å².